The van der Waals surface area contributed by atoms with E-state index >= 15 is 0 Å². The van der Waals surface area contributed by atoms with Crippen molar-refractivity contribution in [3.05, 3.63) is 23.0 Å². The van der Waals surface area contributed by atoms with Crippen LogP contribution < -0.4 is 5.32 Å². The number of nitrogens with one attached hydrogen (secondary N) is 1. The molecule has 2 rings (SSSR count). The highest BCUT2D eigenvalue weighted by molar-refractivity contribution is 6.31. The SMILES string of the molecule is CCC(C)(CO)NC(=O)c1cc(Cl)cn1C1CC1. The van der Waals surface area contributed by atoms with E-state index < -0.39 is 5.54 Å². The second kappa shape index (κ2) is 4.94. The molecule has 18 heavy (non-hydrogen) atoms. The van der Waals surface area contributed by atoms with Gasteiger partial charge in [-0.25, -0.2) is 0 Å². The molecule has 4 nitrogen and oxygen atoms in total. The van der Waals surface area contributed by atoms with Crippen LogP contribution in [-0.4, -0.2) is 27.7 Å². The molecule has 0 aromatic carbocycles. The predicted octanol–water partition coefficient (Wildman–Crippen LogP) is 2.37. The van der Waals surface area contributed by atoms with Crippen LogP contribution in [0.3, 0.4) is 0 Å². The maximum absolute atomic E-state index is 12.2. The molecule has 0 radical (unpaired) electrons. The molecule has 2 N–H and O–H groups in total. The molecule has 0 saturated heterocycles. The maximum Gasteiger partial charge on any atom is 0.268 e. The van der Waals surface area contributed by atoms with E-state index in [1.807, 2.05) is 18.4 Å². The van der Waals surface area contributed by atoms with Crippen LogP contribution >= 0.6 is 11.6 Å². The summed E-state index contributed by atoms with van der Waals surface area (Å²) in [5.41, 5.74) is -0.00186. The van der Waals surface area contributed by atoms with Crippen molar-refractivity contribution in [2.45, 2.75) is 44.7 Å². The Bertz CT molecular complexity index is 448. The average molecular weight is 271 g/mol. The summed E-state index contributed by atoms with van der Waals surface area (Å²) >= 11 is 5.97. The molecule has 1 amide bonds. The first-order chi connectivity index (χ1) is 8.49. The number of aromatic nitrogens is 1. The molecule has 1 atom stereocenters. The average Bonchev–Trinajstić information content (AvgIpc) is 3.12. The van der Waals surface area contributed by atoms with Gasteiger partial charge in [-0.05, 0) is 32.3 Å². The summed E-state index contributed by atoms with van der Waals surface area (Å²) in [5, 5.41) is 12.8. The Labute approximate surface area is 112 Å². The second-order valence-electron chi connectivity index (χ2n) is 5.21. The van der Waals surface area contributed by atoms with Crippen LogP contribution in [0.4, 0.5) is 0 Å². The molecule has 0 aliphatic heterocycles. The first kappa shape index (κ1) is 13.4. The molecular formula is C13H19ClN2O2. The van der Waals surface area contributed by atoms with Crippen LogP contribution in [0, 0.1) is 0 Å². The van der Waals surface area contributed by atoms with Crippen LogP contribution in [0.2, 0.25) is 5.02 Å². The van der Waals surface area contributed by atoms with Gasteiger partial charge in [-0.2, -0.15) is 0 Å². The fourth-order valence-electron chi connectivity index (χ4n) is 1.86. The van der Waals surface area contributed by atoms with Crippen molar-refractivity contribution in [3.63, 3.8) is 0 Å². The summed E-state index contributed by atoms with van der Waals surface area (Å²) in [6.07, 6.45) is 4.66. The Morgan fingerprint density at radius 1 is 1.67 bits per heavy atom. The third-order valence-corrected chi connectivity index (χ3v) is 3.74. The highest BCUT2D eigenvalue weighted by Crippen LogP contribution is 2.37. The summed E-state index contributed by atoms with van der Waals surface area (Å²) in [4.78, 5) is 12.2. The van der Waals surface area contributed by atoms with Gasteiger partial charge in [-0.1, -0.05) is 18.5 Å². The lowest BCUT2D eigenvalue weighted by atomic mass is 10.00. The van der Waals surface area contributed by atoms with Crippen molar-refractivity contribution < 1.29 is 9.90 Å². The molecule has 100 valence electrons. The zero-order valence-electron chi connectivity index (χ0n) is 10.7. The number of nitrogens with zero attached hydrogens (tertiary/aromatic N) is 1. The first-order valence-corrected chi connectivity index (χ1v) is 6.67. The molecule has 1 aromatic rings. The van der Waals surface area contributed by atoms with Crippen LogP contribution in [0.1, 0.15) is 49.6 Å². The zero-order chi connectivity index (χ0) is 13.3. The molecular weight excluding hydrogens is 252 g/mol. The summed E-state index contributed by atoms with van der Waals surface area (Å²) in [7, 11) is 0. The van der Waals surface area contributed by atoms with Gasteiger partial charge in [-0.15, -0.1) is 0 Å². The quantitative estimate of drug-likeness (QED) is 0.863. The third-order valence-electron chi connectivity index (χ3n) is 3.53. The number of rotatable bonds is 5. The smallest absolute Gasteiger partial charge is 0.268 e. The van der Waals surface area contributed by atoms with E-state index in [1.54, 1.807) is 12.3 Å². The summed E-state index contributed by atoms with van der Waals surface area (Å²) in [5.74, 6) is -0.174. The second-order valence-corrected chi connectivity index (χ2v) is 5.64. The van der Waals surface area contributed by atoms with E-state index in [0.29, 0.717) is 23.2 Å². The van der Waals surface area contributed by atoms with Gasteiger partial charge in [0.05, 0.1) is 17.2 Å². The van der Waals surface area contributed by atoms with E-state index in [2.05, 4.69) is 5.32 Å². The summed E-state index contributed by atoms with van der Waals surface area (Å²) in [6.45, 7) is 3.69. The Kier molecular flexibility index (Phi) is 3.69. The standard InChI is InChI=1S/C13H19ClN2O2/c1-3-13(2,8-17)15-12(18)11-6-9(14)7-16(11)10-4-5-10/h6-7,10,17H,3-5,8H2,1-2H3,(H,15,18). The molecule has 1 aliphatic carbocycles. The maximum atomic E-state index is 12.2. The molecule has 1 aromatic heterocycles. The van der Waals surface area contributed by atoms with Gasteiger partial charge in [0.15, 0.2) is 0 Å². The van der Waals surface area contributed by atoms with E-state index in [-0.39, 0.29) is 12.5 Å². The first-order valence-electron chi connectivity index (χ1n) is 6.30. The van der Waals surface area contributed by atoms with E-state index in [9.17, 15) is 9.90 Å². The van der Waals surface area contributed by atoms with Crippen molar-refractivity contribution >= 4 is 17.5 Å². The monoisotopic (exact) mass is 270 g/mol. The summed E-state index contributed by atoms with van der Waals surface area (Å²) in [6, 6.07) is 2.09. The van der Waals surface area contributed by atoms with E-state index in [0.717, 1.165) is 12.8 Å². The van der Waals surface area contributed by atoms with E-state index in [4.69, 9.17) is 11.6 Å². The molecule has 1 unspecified atom stereocenters. The van der Waals surface area contributed by atoms with Crippen molar-refractivity contribution in [2.24, 2.45) is 0 Å². The minimum Gasteiger partial charge on any atom is -0.394 e. The van der Waals surface area contributed by atoms with Crippen LogP contribution in [0.15, 0.2) is 12.3 Å². The predicted molar refractivity (Wildman–Crippen MR) is 71.0 cm³/mol. The molecule has 1 fully saturated rings. The van der Waals surface area contributed by atoms with Crippen molar-refractivity contribution in [3.8, 4) is 0 Å². The minimum absolute atomic E-state index is 0.0763. The fourth-order valence-corrected chi connectivity index (χ4v) is 2.07. The van der Waals surface area contributed by atoms with Gasteiger partial charge in [0.25, 0.3) is 5.91 Å². The molecule has 0 bridgehead atoms. The van der Waals surface area contributed by atoms with Gasteiger partial charge in [0.1, 0.15) is 5.69 Å². The lowest BCUT2D eigenvalue weighted by Crippen LogP contribution is -2.48. The molecule has 1 aliphatic rings. The topological polar surface area (TPSA) is 54.3 Å². The Hall–Kier alpha value is -1.00. The summed E-state index contributed by atoms with van der Waals surface area (Å²) < 4.78 is 1.94. The van der Waals surface area contributed by atoms with E-state index in [1.165, 1.54) is 0 Å². The molecule has 0 spiro atoms. The van der Waals surface area contributed by atoms with Gasteiger partial charge < -0.3 is 15.0 Å². The molecule has 1 saturated carbocycles. The number of carbonyl (C=O) groups excluding carboxylic acids is 1. The zero-order valence-corrected chi connectivity index (χ0v) is 11.5. The van der Waals surface area contributed by atoms with Gasteiger partial charge in [0, 0.05) is 12.2 Å². The Morgan fingerprint density at radius 3 is 2.83 bits per heavy atom. The number of halogens is 1. The van der Waals surface area contributed by atoms with Crippen molar-refractivity contribution in [2.75, 3.05) is 6.61 Å². The van der Waals surface area contributed by atoms with Crippen LogP contribution in [-0.2, 0) is 0 Å². The Balaban J connectivity index is 2.18. The van der Waals surface area contributed by atoms with Gasteiger partial charge in [0.2, 0.25) is 0 Å². The van der Waals surface area contributed by atoms with Crippen molar-refractivity contribution in [1.82, 2.24) is 9.88 Å². The highest BCUT2D eigenvalue weighted by Gasteiger charge is 2.30. The number of hydrogen-bond acceptors (Lipinski definition) is 2. The number of hydrogen-bond donors (Lipinski definition) is 2. The van der Waals surface area contributed by atoms with Crippen LogP contribution in [0.25, 0.3) is 0 Å². The number of amides is 1. The molecule has 5 heteroatoms. The fraction of sp³-hybridized carbons (Fsp3) is 0.615. The van der Waals surface area contributed by atoms with Crippen LogP contribution in [0.5, 0.6) is 0 Å². The largest absolute Gasteiger partial charge is 0.394 e. The minimum atomic E-state index is -0.581. The third kappa shape index (κ3) is 2.70. The van der Waals surface area contributed by atoms with Gasteiger partial charge >= 0.3 is 0 Å². The van der Waals surface area contributed by atoms with Gasteiger partial charge in [-0.3, -0.25) is 4.79 Å². The number of aliphatic hydroxyl groups excluding tert-OH is 1. The lowest BCUT2D eigenvalue weighted by molar-refractivity contribution is 0.0838. The highest BCUT2D eigenvalue weighted by atomic mass is 35.5. The lowest BCUT2D eigenvalue weighted by Gasteiger charge is -2.27. The van der Waals surface area contributed by atoms with Crippen molar-refractivity contribution in [1.29, 1.82) is 0 Å². The number of carbonyl (C=O) groups is 1. The Morgan fingerprint density at radius 2 is 2.33 bits per heavy atom. The number of aliphatic hydroxyl groups is 1. The molecule has 1 heterocycles. The normalized spacial score (nSPS) is 18.4.